The summed E-state index contributed by atoms with van der Waals surface area (Å²) in [4.78, 5) is 27.3. The topological polar surface area (TPSA) is 71.1 Å². The molecule has 0 radical (unpaired) electrons. The van der Waals surface area contributed by atoms with E-state index < -0.39 is 11.8 Å². The Labute approximate surface area is 131 Å². The number of hydrogen-bond donors (Lipinski definition) is 2. The van der Waals surface area contributed by atoms with Crippen LogP contribution in [0.25, 0.3) is 0 Å². The highest BCUT2D eigenvalue weighted by Gasteiger charge is 2.14. The zero-order valence-electron chi connectivity index (χ0n) is 10.8. The number of nitrogens with zero attached hydrogens (tertiary/aromatic N) is 1. The molecule has 1 aromatic heterocycles. The van der Waals surface area contributed by atoms with Crippen molar-refractivity contribution in [3.8, 4) is 0 Å². The largest absolute Gasteiger partial charge is 0.344 e. The average molecular weight is 324 g/mol. The van der Waals surface area contributed by atoms with Crippen LogP contribution in [0.4, 0.5) is 5.69 Å². The minimum absolute atomic E-state index is 0.217. The lowest BCUT2D eigenvalue weighted by Crippen LogP contribution is -2.35. The Hall–Kier alpha value is -2.11. The molecule has 2 amide bonds. The number of halogens is 2. The Kier molecular flexibility index (Phi) is 5.14. The minimum atomic E-state index is -0.803. The summed E-state index contributed by atoms with van der Waals surface area (Å²) in [6, 6.07) is 8.11. The van der Waals surface area contributed by atoms with Gasteiger partial charge < -0.3 is 10.6 Å². The summed E-state index contributed by atoms with van der Waals surface area (Å²) in [5, 5.41) is 5.61. The number of anilines is 1. The average Bonchev–Trinajstić information content (AvgIpc) is 2.48. The van der Waals surface area contributed by atoms with Crippen LogP contribution in [0, 0.1) is 0 Å². The molecule has 1 aromatic carbocycles. The van der Waals surface area contributed by atoms with Crippen LogP contribution < -0.4 is 10.6 Å². The molecule has 0 aliphatic carbocycles. The van der Waals surface area contributed by atoms with Crippen molar-refractivity contribution in [1.82, 2.24) is 10.3 Å². The third-order valence-corrected chi connectivity index (χ3v) is 3.11. The van der Waals surface area contributed by atoms with Gasteiger partial charge in [-0.05, 0) is 29.8 Å². The number of carbonyl (C=O) groups excluding carboxylic acids is 2. The van der Waals surface area contributed by atoms with Crippen LogP contribution in [0.5, 0.6) is 0 Å². The summed E-state index contributed by atoms with van der Waals surface area (Å²) >= 11 is 11.7. The van der Waals surface area contributed by atoms with Gasteiger partial charge in [0.25, 0.3) is 0 Å². The highest BCUT2D eigenvalue weighted by atomic mass is 35.5. The van der Waals surface area contributed by atoms with Gasteiger partial charge in [0.15, 0.2) is 0 Å². The molecule has 0 spiro atoms. The molecule has 0 aliphatic heterocycles. The summed E-state index contributed by atoms with van der Waals surface area (Å²) in [7, 11) is 0. The predicted octanol–water partition coefficient (Wildman–Crippen LogP) is 2.64. The van der Waals surface area contributed by atoms with E-state index >= 15 is 0 Å². The van der Waals surface area contributed by atoms with Crippen molar-refractivity contribution in [2.45, 2.75) is 6.54 Å². The molecule has 0 bridgehead atoms. The van der Waals surface area contributed by atoms with E-state index in [2.05, 4.69) is 15.6 Å². The molecule has 0 fully saturated rings. The maximum absolute atomic E-state index is 11.7. The molecule has 0 saturated heterocycles. The fraction of sp³-hybridized carbons (Fsp3) is 0.0714. The highest BCUT2D eigenvalue weighted by Crippen LogP contribution is 2.25. The number of hydrogen-bond acceptors (Lipinski definition) is 3. The molecule has 2 aromatic rings. The molecule has 108 valence electrons. The summed E-state index contributed by atoms with van der Waals surface area (Å²) < 4.78 is 0. The van der Waals surface area contributed by atoms with E-state index in [1.54, 1.807) is 30.6 Å². The first-order chi connectivity index (χ1) is 10.1. The number of pyridine rings is 1. The lowest BCUT2D eigenvalue weighted by Gasteiger charge is -2.08. The van der Waals surface area contributed by atoms with Crippen LogP contribution in [-0.4, -0.2) is 16.8 Å². The first kappa shape index (κ1) is 15.3. The first-order valence-corrected chi connectivity index (χ1v) is 6.75. The zero-order valence-corrected chi connectivity index (χ0v) is 12.3. The molecule has 0 saturated carbocycles. The van der Waals surface area contributed by atoms with Gasteiger partial charge in [-0.15, -0.1) is 0 Å². The molecule has 2 rings (SSSR count). The lowest BCUT2D eigenvalue weighted by molar-refractivity contribution is -0.136. The molecule has 0 aliphatic rings. The van der Waals surface area contributed by atoms with E-state index in [1.165, 1.54) is 12.1 Å². The number of aromatic nitrogens is 1. The van der Waals surface area contributed by atoms with Gasteiger partial charge in [0.05, 0.1) is 10.7 Å². The van der Waals surface area contributed by atoms with Gasteiger partial charge in [-0.2, -0.15) is 0 Å². The smallest absolute Gasteiger partial charge is 0.313 e. The van der Waals surface area contributed by atoms with Gasteiger partial charge in [-0.25, -0.2) is 0 Å². The van der Waals surface area contributed by atoms with Crippen LogP contribution in [0.15, 0.2) is 42.7 Å². The second-order valence-electron chi connectivity index (χ2n) is 4.12. The van der Waals surface area contributed by atoms with E-state index in [0.29, 0.717) is 10.7 Å². The standard InChI is InChI=1S/C14H11Cl2N3O2/c15-10-3-4-12(11(16)6-10)19-14(21)13(20)18-8-9-2-1-5-17-7-9/h1-7H,8H2,(H,18,20)(H,19,21). The van der Waals surface area contributed by atoms with E-state index in [-0.39, 0.29) is 11.6 Å². The number of rotatable bonds is 3. The number of nitrogens with one attached hydrogen (secondary N) is 2. The van der Waals surface area contributed by atoms with Gasteiger partial charge in [-0.3, -0.25) is 14.6 Å². The van der Waals surface area contributed by atoms with Crippen molar-refractivity contribution in [1.29, 1.82) is 0 Å². The van der Waals surface area contributed by atoms with Crippen molar-refractivity contribution in [2.24, 2.45) is 0 Å². The molecule has 7 heteroatoms. The van der Waals surface area contributed by atoms with Crippen LogP contribution in [0.3, 0.4) is 0 Å². The predicted molar refractivity (Wildman–Crippen MR) is 81.2 cm³/mol. The monoisotopic (exact) mass is 323 g/mol. The van der Waals surface area contributed by atoms with Gasteiger partial charge in [0.1, 0.15) is 0 Å². The highest BCUT2D eigenvalue weighted by molar-refractivity contribution is 6.42. The van der Waals surface area contributed by atoms with Crippen LogP contribution in [0.2, 0.25) is 10.0 Å². The molecular weight excluding hydrogens is 313 g/mol. The zero-order chi connectivity index (χ0) is 15.2. The van der Waals surface area contributed by atoms with Crippen LogP contribution in [-0.2, 0) is 16.1 Å². The fourth-order valence-corrected chi connectivity index (χ4v) is 1.99. The number of amides is 2. The summed E-state index contributed by atoms with van der Waals surface area (Å²) in [6.07, 6.45) is 3.23. The van der Waals surface area contributed by atoms with E-state index in [4.69, 9.17) is 23.2 Å². The lowest BCUT2D eigenvalue weighted by atomic mass is 10.3. The molecule has 1 heterocycles. The van der Waals surface area contributed by atoms with Gasteiger partial charge in [-0.1, -0.05) is 29.3 Å². The molecule has 0 unspecified atom stereocenters. The van der Waals surface area contributed by atoms with E-state index in [0.717, 1.165) is 5.56 Å². The molecule has 21 heavy (non-hydrogen) atoms. The van der Waals surface area contributed by atoms with Crippen molar-refractivity contribution in [3.05, 3.63) is 58.3 Å². The molecule has 0 atom stereocenters. The Morgan fingerprint density at radius 1 is 1.14 bits per heavy atom. The SMILES string of the molecule is O=C(NCc1cccnc1)C(=O)Nc1ccc(Cl)cc1Cl. The maximum Gasteiger partial charge on any atom is 0.313 e. The third kappa shape index (κ3) is 4.44. The maximum atomic E-state index is 11.7. The quantitative estimate of drug-likeness (QED) is 0.853. The normalized spacial score (nSPS) is 10.0. The van der Waals surface area contributed by atoms with E-state index in [9.17, 15) is 9.59 Å². The first-order valence-electron chi connectivity index (χ1n) is 5.99. The second-order valence-corrected chi connectivity index (χ2v) is 4.97. The Balaban J connectivity index is 1.92. The molecule has 5 nitrogen and oxygen atoms in total. The van der Waals surface area contributed by atoms with Crippen LogP contribution in [0.1, 0.15) is 5.56 Å². The Bertz CT molecular complexity index is 663. The van der Waals surface area contributed by atoms with Crippen molar-refractivity contribution < 1.29 is 9.59 Å². The van der Waals surface area contributed by atoms with Crippen molar-refractivity contribution in [2.75, 3.05) is 5.32 Å². The molecule has 2 N–H and O–H groups in total. The Morgan fingerprint density at radius 3 is 2.62 bits per heavy atom. The van der Waals surface area contributed by atoms with Gasteiger partial charge in [0, 0.05) is 24.0 Å². The number of carbonyl (C=O) groups is 2. The minimum Gasteiger partial charge on any atom is -0.344 e. The second kappa shape index (κ2) is 7.06. The summed E-state index contributed by atoms with van der Waals surface area (Å²) in [5.41, 5.74) is 1.12. The van der Waals surface area contributed by atoms with Crippen LogP contribution >= 0.6 is 23.2 Å². The van der Waals surface area contributed by atoms with Crippen molar-refractivity contribution in [3.63, 3.8) is 0 Å². The summed E-state index contributed by atoms with van der Waals surface area (Å²) in [6.45, 7) is 0.217. The number of benzene rings is 1. The van der Waals surface area contributed by atoms with Gasteiger partial charge in [0.2, 0.25) is 0 Å². The van der Waals surface area contributed by atoms with Crippen molar-refractivity contribution >= 4 is 40.7 Å². The van der Waals surface area contributed by atoms with Gasteiger partial charge >= 0.3 is 11.8 Å². The molecular formula is C14H11Cl2N3O2. The summed E-state index contributed by atoms with van der Waals surface area (Å²) in [5.74, 6) is -1.56. The fourth-order valence-electron chi connectivity index (χ4n) is 1.54. The Morgan fingerprint density at radius 2 is 1.95 bits per heavy atom. The third-order valence-electron chi connectivity index (χ3n) is 2.56. The van der Waals surface area contributed by atoms with E-state index in [1.807, 2.05) is 0 Å².